The molecular weight excluding hydrogens is 272 g/mol. The van der Waals surface area contributed by atoms with Gasteiger partial charge in [-0.05, 0) is 18.2 Å². The summed E-state index contributed by atoms with van der Waals surface area (Å²) in [6.45, 7) is 5.44. The number of hydrogen-bond donors (Lipinski definition) is 1. The smallest absolute Gasteiger partial charge is 0.138 e. The minimum absolute atomic E-state index is 0.449. The molecule has 2 rings (SSSR count). The zero-order valence-electron chi connectivity index (χ0n) is 11.8. The maximum absolute atomic E-state index is 6.08. The van der Waals surface area contributed by atoms with Crippen LogP contribution in [0.3, 0.4) is 0 Å². The van der Waals surface area contributed by atoms with Crippen molar-refractivity contribution in [1.29, 1.82) is 0 Å². The molecule has 20 heavy (non-hydrogen) atoms. The number of nitrogens with one attached hydrogen (secondary N) is 1. The van der Waals surface area contributed by atoms with Crippen LogP contribution in [0.15, 0.2) is 42.6 Å². The second-order valence-corrected chi connectivity index (χ2v) is 5.31. The number of pyridine rings is 1. The highest BCUT2D eigenvalue weighted by Crippen LogP contribution is 2.18. The van der Waals surface area contributed by atoms with E-state index >= 15 is 0 Å². The van der Waals surface area contributed by atoms with Gasteiger partial charge in [-0.1, -0.05) is 43.6 Å². The van der Waals surface area contributed by atoms with Gasteiger partial charge in [0.25, 0.3) is 0 Å². The largest absolute Gasteiger partial charge is 0.487 e. The highest BCUT2D eigenvalue weighted by molar-refractivity contribution is 6.31. The van der Waals surface area contributed by atoms with E-state index in [0.717, 1.165) is 28.6 Å². The highest BCUT2D eigenvalue weighted by atomic mass is 35.5. The van der Waals surface area contributed by atoms with Crippen molar-refractivity contribution in [3.8, 4) is 5.75 Å². The minimum atomic E-state index is 0.449. The van der Waals surface area contributed by atoms with Crippen LogP contribution in [-0.2, 0) is 13.2 Å². The van der Waals surface area contributed by atoms with Crippen molar-refractivity contribution in [2.24, 2.45) is 0 Å². The van der Waals surface area contributed by atoms with E-state index in [-0.39, 0.29) is 0 Å². The third kappa shape index (κ3) is 4.51. The molecule has 3 nitrogen and oxygen atoms in total. The average Bonchev–Trinajstić information content (AvgIpc) is 2.45. The fourth-order valence-corrected chi connectivity index (χ4v) is 1.88. The first-order valence-corrected chi connectivity index (χ1v) is 7.07. The summed E-state index contributed by atoms with van der Waals surface area (Å²) in [4.78, 5) is 4.36. The second kappa shape index (κ2) is 7.27. The fourth-order valence-electron chi connectivity index (χ4n) is 1.69. The molecule has 0 saturated heterocycles. The van der Waals surface area contributed by atoms with Crippen molar-refractivity contribution in [2.45, 2.75) is 33.0 Å². The van der Waals surface area contributed by atoms with Crippen LogP contribution < -0.4 is 10.1 Å². The van der Waals surface area contributed by atoms with Gasteiger partial charge in [0, 0.05) is 23.2 Å². The molecule has 0 atom stereocenters. The van der Waals surface area contributed by atoms with Gasteiger partial charge in [-0.2, -0.15) is 0 Å². The Balaban J connectivity index is 1.89. The summed E-state index contributed by atoms with van der Waals surface area (Å²) in [6.07, 6.45) is 1.74. The number of aromatic nitrogens is 1. The van der Waals surface area contributed by atoms with E-state index in [2.05, 4.69) is 24.1 Å². The van der Waals surface area contributed by atoms with Crippen LogP contribution in [0, 0.1) is 0 Å². The standard InChI is InChI=1S/C16H19ClN2O/c1-12(2)18-9-14-7-8-15(10-19-14)20-11-13-5-3-4-6-16(13)17/h3-8,10,12,18H,9,11H2,1-2H3. The minimum Gasteiger partial charge on any atom is -0.487 e. The lowest BCUT2D eigenvalue weighted by Gasteiger charge is -2.09. The molecule has 106 valence electrons. The Kier molecular flexibility index (Phi) is 5.39. The summed E-state index contributed by atoms with van der Waals surface area (Å²) in [5, 5.41) is 4.05. The molecule has 0 bridgehead atoms. The van der Waals surface area contributed by atoms with Gasteiger partial charge in [0.15, 0.2) is 0 Å². The molecule has 0 aliphatic heterocycles. The molecule has 0 fully saturated rings. The van der Waals surface area contributed by atoms with Gasteiger partial charge in [-0.3, -0.25) is 4.98 Å². The summed E-state index contributed by atoms with van der Waals surface area (Å²) in [7, 11) is 0. The monoisotopic (exact) mass is 290 g/mol. The van der Waals surface area contributed by atoms with Crippen molar-refractivity contribution in [3.05, 3.63) is 58.9 Å². The van der Waals surface area contributed by atoms with Gasteiger partial charge < -0.3 is 10.1 Å². The van der Waals surface area contributed by atoms with E-state index in [0.29, 0.717) is 12.6 Å². The van der Waals surface area contributed by atoms with Crippen LogP contribution in [0.4, 0.5) is 0 Å². The van der Waals surface area contributed by atoms with Crippen LogP contribution in [0.1, 0.15) is 25.1 Å². The Morgan fingerprint density at radius 2 is 2.00 bits per heavy atom. The number of rotatable bonds is 6. The Labute approximate surface area is 124 Å². The molecule has 0 spiro atoms. The molecule has 1 aromatic heterocycles. The second-order valence-electron chi connectivity index (χ2n) is 4.90. The molecule has 1 N–H and O–H groups in total. The molecule has 0 amide bonds. The summed E-state index contributed by atoms with van der Waals surface area (Å²) >= 11 is 6.08. The molecular formula is C16H19ClN2O. The summed E-state index contributed by atoms with van der Waals surface area (Å²) < 4.78 is 5.69. The fraction of sp³-hybridized carbons (Fsp3) is 0.312. The first-order valence-electron chi connectivity index (χ1n) is 6.69. The van der Waals surface area contributed by atoms with E-state index in [4.69, 9.17) is 16.3 Å². The van der Waals surface area contributed by atoms with Gasteiger partial charge in [0.1, 0.15) is 12.4 Å². The first kappa shape index (κ1) is 14.8. The van der Waals surface area contributed by atoms with Gasteiger partial charge in [0.05, 0.1) is 11.9 Å². The van der Waals surface area contributed by atoms with Crippen LogP contribution in [0.2, 0.25) is 5.02 Å². The highest BCUT2D eigenvalue weighted by Gasteiger charge is 2.02. The molecule has 4 heteroatoms. The lowest BCUT2D eigenvalue weighted by atomic mass is 10.2. The third-order valence-electron chi connectivity index (χ3n) is 2.84. The Bertz CT molecular complexity index is 540. The summed E-state index contributed by atoms with van der Waals surface area (Å²) in [5.41, 5.74) is 1.98. The molecule has 0 aliphatic carbocycles. The SMILES string of the molecule is CC(C)NCc1ccc(OCc2ccccc2Cl)cn1. The average molecular weight is 291 g/mol. The lowest BCUT2D eigenvalue weighted by molar-refractivity contribution is 0.305. The summed E-state index contributed by atoms with van der Waals surface area (Å²) in [6, 6.07) is 12.0. The van der Waals surface area contributed by atoms with Crippen LogP contribution in [0.5, 0.6) is 5.75 Å². The lowest BCUT2D eigenvalue weighted by Crippen LogP contribution is -2.22. The maximum Gasteiger partial charge on any atom is 0.138 e. The summed E-state index contributed by atoms with van der Waals surface area (Å²) in [5.74, 6) is 0.748. The topological polar surface area (TPSA) is 34.1 Å². The van der Waals surface area contributed by atoms with Gasteiger partial charge in [-0.15, -0.1) is 0 Å². The molecule has 2 aromatic rings. The maximum atomic E-state index is 6.08. The van der Waals surface area contributed by atoms with Gasteiger partial charge in [0.2, 0.25) is 0 Å². The zero-order valence-corrected chi connectivity index (χ0v) is 12.5. The Morgan fingerprint density at radius 1 is 1.20 bits per heavy atom. The quantitative estimate of drug-likeness (QED) is 0.878. The molecule has 0 saturated carbocycles. The third-order valence-corrected chi connectivity index (χ3v) is 3.21. The molecule has 0 aliphatic rings. The molecule has 1 aromatic carbocycles. The van der Waals surface area contributed by atoms with E-state index in [1.54, 1.807) is 6.20 Å². The predicted octanol–water partition coefficient (Wildman–Crippen LogP) is 3.81. The number of hydrogen-bond acceptors (Lipinski definition) is 3. The Morgan fingerprint density at radius 3 is 2.65 bits per heavy atom. The van der Waals surface area contributed by atoms with Crippen molar-refractivity contribution < 1.29 is 4.74 Å². The molecule has 0 unspecified atom stereocenters. The number of benzene rings is 1. The van der Waals surface area contributed by atoms with Crippen LogP contribution in [-0.4, -0.2) is 11.0 Å². The van der Waals surface area contributed by atoms with Crippen molar-refractivity contribution in [1.82, 2.24) is 10.3 Å². The van der Waals surface area contributed by atoms with Gasteiger partial charge in [-0.25, -0.2) is 0 Å². The normalized spacial score (nSPS) is 10.8. The van der Waals surface area contributed by atoms with Crippen molar-refractivity contribution in [2.75, 3.05) is 0 Å². The molecule has 0 radical (unpaired) electrons. The van der Waals surface area contributed by atoms with E-state index in [1.165, 1.54) is 0 Å². The van der Waals surface area contributed by atoms with E-state index in [1.807, 2.05) is 36.4 Å². The molecule has 1 heterocycles. The Hall–Kier alpha value is -1.58. The van der Waals surface area contributed by atoms with Crippen molar-refractivity contribution in [3.63, 3.8) is 0 Å². The van der Waals surface area contributed by atoms with Gasteiger partial charge >= 0.3 is 0 Å². The zero-order chi connectivity index (χ0) is 14.4. The number of halogens is 1. The number of ether oxygens (including phenoxy) is 1. The van der Waals surface area contributed by atoms with E-state index in [9.17, 15) is 0 Å². The van der Waals surface area contributed by atoms with Crippen LogP contribution >= 0.6 is 11.6 Å². The predicted molar refractivity (Wildman–Crippen MR) is 82.0 cm³/mol. The first-order chi connectivity index (χ1) is 9.65. The number of nitrogens with zero attached hydrogens (tertiary/aromatic N) is 1. The van der Waals surface area contributed by atoms with Crippen LogP contribution in [0.25, 0.3) is 0 Å². The van der Waals surface area contributed by atoms with E-state index < -0.39 is 0 Å². The van der Waals surface area contributed by atoms with Crippen molar-refractivity contribution >= 4 is 11.6 Å².